The maximum atomic E-state index is 12.3. The molecule has 0 aliphatic rings. The van der Waals surface area contributed by atoms with Crippen LogP contribution in [0.15, 0.2) is 24.3 Å². The molecule has 2 rings (SSSR count). The largest absolute Gasteiger partial charge is 0.452 e. The lowest BCUT2D eigenvalue weighted by molar-refractivity contribution is -0.123. The molecule has 0 fully saturated rings. The van der Waals surface area contributed by atoms with Crippen LogP contribution < -0.4 is 10.6 Å². The summed E-state index contributed by atoms with van der Waals surface area (Å²) in [5.74, 6) is -1.29. The summed E-state index contributed by atoms with van der Waals surface area (Å²) in [5.41, 5.74) is 4.70. The Bertz CT molecular complexity index is 913. The van der Waals surface area contributed by atoms with Crippen LogP contribution in [0, 0.1) is 27.7 Å². The first-order chi connectivity index (χ1) is 13.1. The van der Waals surface area contributed by atoms with Gasteiger partial charge in [0.1, 0.15) is 0 Å². The van der Waals surface area contributed by atoms with Crippen molar-refractivity contribution in [3.63, 3.8) is 0 Å². The van der Waals surface area contributed by atoms with Crippen molar-refractivity contribution >= 4 is 23.6 Å². The minimum Gasteiger partial charge on any atom is -0.452 e. The molecule has 0 aliphatic carbocycles. The first-order valence-corrected chi connectivity index (χ1v) is 9.13. The number of anilines is 1. The number of hydrogen-bond acceptors (Lipinski definition) is 4. The highest BCUT2D eigenvalue weighted by molar-refractivity contribution is 6.02. The van der Waals surface area contributed by atoms with Crippen LogP contribution in [0.3, 0.4) is 0 Å². The molecule has 0 saturated carbocycles. The second-order valence-corrected chi connectivity index (χ2v) is 7.15. The van der Waals surface area contributed by atoms with Crippen molar-refractivity contribution in [3.05, 3.63) is 52.3 Å². The van der Waals surface area contributed by atoms with Crippen LogP contribution in [0.25, 0.3) is 0 Å². The number of nitrogens with one attached hydrogen (secondary N) is 2. The molecule has 0 aliphatic heterocycles. The Labute approximate surface area is 165 Å². The number of urea groups is 1. The molecule has 1 aromatic heterocycles. The summed E-state index contributed by atoms with van der Waals surface area (Å²) < 4.78 is 7.09. The lowest BCUT2D eigenvalue weighted by Gasteiger charge is -2.13. The lowest BCUT2D eigenvalue weighted by Crippen LogP contribution is -2.37. The van der Waals surface area contributed by atoms with E-state index in [2.05, 4.69) is 10.6 Å². The van der Waals surface area contributed by atoms with Crippen LogP contribution in [-0.4, -0.2) is 29.1 Å². The van der Waals surface area contributed by atoms with Gasteiger partial charge in [0.05, 0.1) is 5.56 Å². The summed E-state index contributed by atoms with van der Waals surface area (Å²) in [6.07, 6.45) is 0. The van der Waals surface area contributed by atoms with Gasteiger partial charge in [-0.15, -0.1) is 0 Å². The van der Waals surface area contributed by atoms with E-state index in [1.54, 1.807) is 12.1 Å². The van der Waals surface area contributed by atoms with Crippen molar-refractivity contribution in [2.45, 2.75) is 47.6 Å². The first kappa shape index (κ1) is 21.2. The van der Waals surface area contributed by atoms with Gasteiger partial charge in [0, 0.05) is 23.1 Å². The van der Waals surface area contributed by atoms with Gasteiger partial charge in [-0.25, -0.2) is 9.59 Å². The molecule has 0 saturated heterocycles. The van der Waals surface area contributed by atoms with Gasteiger partial charge in [0.25, 0.3) is 5.91 Å². The molecule has 3 amide bonds. The third-order valence-electron chi connectivity index (χ3n) is 4.44. The summed E-state index contributed by atoms with van der Waals surface area (Å²) in [6, 6.07) is 6.82. The van der Waals surface area contributed by atoms with Gasteiger partial charge < -0.3 is 14.6 Å². The van der Waals surface area contributed by atoms with E-state index in [0.29, 0.717) is 11.3 Å². The van der Waals surface area contributed by atoms with E-state index in [1.807, 2.05) is 58.2 Å². The molecule has 2 aromatic rings. The number of benzene rings is 1. The average Bonchev–Trinajstić information content (AvgIpc) is 2.89. The quantitative estimate of drug-likeness (QED) is 0.766. The topological polar surface area (TPSA) is 89.4 Å². The zero-order valence-electron chi connectivity index (χ0n) is 17.2. The number of nitrogens with zero attached hydrogens (tertiary/aromatic N) is 1. The highest BCUT2D eigenvalue weighted by atomic mass is 16.5. The molecule has 28 heavy (non-hydrogen) atoms. The second-order valence-electron chi connectivity index (χ2n) is 7.15. The number of esters is 1. The number of carbonyl (C=O) groups excluding carboxylic acids is 3. The van der Waals surface area contributed by atoms with Crippen molar-refractivity contribution in [1.82, 2.24) is 9.88 Å². The zero-order valence-corrected chi connectivity index (χ0v) is 17.2. The summed E-state index contributed by atoms with van der Waals surface area (Å²) in [5, 5.41) is 4.76. The molecule has 1 heterocycles. The van der Waals surface area contributed by atoms with Crippen LogP contribution in [0.1, 0.15) is 52.8 Å². The fourth-order valence-electron chi connectivity index (χ4n) is 3.26. The number of imide groups is 1. The van der Waals surface area contributed by atoms with Gasteiger partial charge in [0.2, 0.25) is 0 Å². The van der Waals surface area contributed by atoms with Crippen molar-refractivity contribution in [3.8, 4) is 0 Å². The predicted molar refractivity (Wildman–Crippen MR) is 108 cm³/mol. The van der Waals surface area contributed by atoms with E-state index in [1.165, 1.54) is 0 Å². The minimum absolute atomic E-state index is 0.207. The van der Waals surface area contributed by atoms with Gasteiger partial charge in [-0.3, -0.25) is 10.1 Å². The first-order valence-electron chi connectivity index (χ1n) is 9.13. The molecule has 150 valence electrons. The third-order valence-corrected chi connectivity index (χ3v) is 4.44. The maximum absolute atomic E-state index is 12.3. The molecule has 0 bridgehead atoms. The zero-order chi connectivity index (χ0) is 21.0. The van der Waals surface area contributed by atoms with Crippen molar-refractivity contribution in [2.24, 2.45) is 0 Å². The highest BCUT2D eigenvalue weighted by Gasteiger charge is 2.19. The van der Waals surface area contributed by atoms with Crippen LogP contribution in [-0.2, 0) is 9.53 Å². The predicted octanol–water partition coefficient (Wildman–Crippen LogP) is 3.81. The Balaban J connectivity index is 1.91. The van der Waals surface area contributed by atoms with E-state index in [9.17, 15) is 14.4 Å². The minimum atomic E-state index is -0.701. The van der Waals surface area contributed by atoms with Crippen LogP contribution in [0.5, 0.6) is 0 Å². The molecule has 0 spiro atoms. The van der Waals surface area contributed by atoms with Gasteiger partial charge in [-0.2, -0.15) is 0 Å². The number of carbonyl (C=O) groups is 3. The fraction of sp³-hybridized carbons (Fsp3) is 0.381. The normalized spacial score (nSPS) is 10.7. The molecule has 1 aromatic carbocycles. The number of hydrogen-bond donors (Lipinski definition) is 2. The molecule has 7 nitrogen and oxygen atoms in total. The number of ether oxygens (including phenoxy) is 1. The molecule has 2 N–H and O–H groups in total. The van der Waals surface area contributed by atoms with Crippen molar-refractivity contribution in [1.29, 1.82) is 0 Å². The Morgan fingerprint density at radius 3 is 2.32 bits per heavy atom. The number of aryl methyl sites for hydroxylation is 3. The third kappa shape index (κ3) is 5.00. The Morgan fingerprint density at radius 1 is 1.07 bits per heavy atom. The second kappa shape index (κ2) is 8.73. The lowest BCUT2D eigenvalue weighted by atomic mass is 10.1. The summed E-state index contributed by atoms with van der Waals surface area (Å²) in [7, 11) is 0. The average molecular weight is 385 g/mol. The highest BCUT2D eigenvalue weighted by Crippen LogP contribution is 2.20. The van der Waals surface area contributed by atoms with Crippen molar-refractivity contribution < 1.29 is 19.1 Å². The van der Waals surface area contributed by atoms with E-state index in [0.717, 1.165) is 22.5 Å². The van der Waals surface area contributed by atoms with E-state index < -0.39 is 24.5 Å². The van der Waals surface area contributed by atoms with Gasteiger partial charge in [0.15, 0.2) is 6.61 Å². The number of amides is 3. The maximum Gasteiger partial charge on any atom is 0.340 e. The van der Waals surface area contributed by atoms with Crippen LogP contribution in [0.4, 0.5) is 10.5 Å². The SMILES string of the molecule is Cc1ccc(NC(=O)NC(=O)COC(=O)c2cc(C)n(C(C)C)c2C)c(C)c1. The van der Waals surface area contributed by atoms with E-state index in [4.69, 9.17) is 4.74 Å². The molecule has 0 unspecified atom stereocenters. The molecular weight excluding hydrogens is 358 g/mol. The Morgan fingerprint density at radius 2 is 1.75 bits per heavy atom. The standard InChI is InChI=1S/C21H27N3O4/c1-12(2)24-15(5)10-17(16(24)6)20(26)28-11-19(25)23-21(27)22-18-8-7-13(3)9-14(18)4/h7-10,12H,11H2,1-6H3,(H2,22,23,25,27). The fourth-order valence-corrected chi connectivity index (χ4v) is 3.26. The summed E-state index contributed by atoms with van der Waals surface area (Å²) in [4.78, 5) is 36.2. The Kier molecular flexibility index (Phi) is 6.62. The molecule has 7 heteroatoms. The van der Waals surface area contributed by atoms with Crippen LogP contribution >= 0.6 is 0 Å². The molecular formula is C21H27N3O4. The summed E-state index contributed by atoms with van der Waals surface area (Å²) in [6.45, 7) is 11.1. The van der Waals surface area contributed by atoms with E-state index in [-0.39, 0.29) is 6.04 Å². The van der Waals surface area contributed by atoms with Gasteiger partial charge in [-0.05, 0) is 59.2 Å². The van der Waals surface area contributed by atoms with Crippen molar-refractivity contribution in [2.75, 3.05) is 11.9 Å². The van der Waals surface area contributed by atoms with E-state index >= 15 is 0 Å². The number of aromatic nitrogens is 1. The van der Waals surface area contributed by atoms with Crippen LogP contribution in [0.2, 0.25) is 0 Å². The monoisotopic (exact) mass is 385 g/mol. The molecule has 0 radical (unpaired) electrons. The number of rotatable bonds is 5. The Hall–Kier alpha value is -3.09. The van der Waals surface area contributed by atoms with Gasteiger partial charge in [-0.1, -0.05) is 17.7 Å². The van der Waals surface area contributed by atoms with Gasteiger partial charge >= 0.3 is 12.0 Å². The molecule has 0 atom stereocenters. The smallest absolute Gasteiger partial charge is 0.340 e. The summed E-state index contributed by atoms with van der Waals surface area (Å²) >= 11 is 0.